The molecule has 0 saturated carbocycles. The van der Waals surface area contributed by atoms with Crippen LogP contribution < -0.4 is 10.1 Å². The van der Waals surface area contributed by atoms with Crippen LogP contribution in [0.2, 0.25) is 0 Å². The number of amides is 3. The third kappa shape index (κ3) is 4.96. The summed E-state index contributed by atoms with van der Waals surface area (Å²) in [6.07, 6.45) is -1.00. The minimum Gasteiger partial charge on any atom is -0.491 e. The van der Waals surface area contributed by atoms with Gasteiger partial charge in [0.15, 0.2) is 0 Å². The van der Waals surface area contributed by atoms with Crippen molar-refractivity contribution < 1.29 is 19.4 Å². The summed E-state index contributed by atoms with van der Waals surface area (Å²) in [5, 5.41) is 13.2. The highest BCUT2D eigenvalue weighted by Crippen LogP contribution is 2.30. The minimum atomic E-state index is -1.16. The fourth-order valence-electron chi connectivity index (χ4n) is 3.77. The molecule has 6 nitrogen and oxygen atoms in total. The second-order valence-electron chi connectivity index (χ2n) is 9.99. The van der Waals surface area contributed by atoms with E-state index in [1.807, 2.05) is 48.5 Å². The molecule has 1 saturated heterocycles. The Morgan fingerprint density at radius 3 is 2.16 bits per heavy atom. The lowest BCUT2D eigenvalue weighted by Gasteiger charge is -2.23. The van der Waals surface area contributed by atoms with Gasteiger partial charge in [-0.1, -0.05) is 71.0 Å². The first-order valence-corrected chi connectivity index (χ1v) is 11.1. The van der Waals surface area contributed by atoms with Crippen LogP contribution in [0.3, 0.4) is 0 Å². The highest BCUT2D eigenvalue weighted by Gasteiger charge is 2.49. The molecule has 3 amide bonds. The lowest BCUT2D eigenvalue weighted by atomic mass is 9.87. The van der Waals surface area contributed by atoms with Crippen molar-refractivity contribution in [1.29, 1.82) is 0 Å². The van der Waals surface area contributed by atoms with Gasteiger partial charge in [0.05, 0.1) is 6.54 Å². The van der Waals surface area contributed by atoms with Crippen molar-refractivity contribution in [2.24, 2.45) is 0 Å². The van der Waals surface area contributed by atoms with Gasteiger partial charge in [0.25, 0.3) is 5.91 Å². The Labute approximate surface area is 190 Å². The number of rotatable bonds is 7. The van der Waals surface area contributed by atoms with Gasteiger partial charge in [0, 0.05) is 0 Å². The Bertz CT molecular complexity index is 961. The number of hydrogen-bond donors (Lipinski definition) is 2. The number of aliphatic hydroxyl groups is 1. The molecule has 0 aliphatic carbocycles. The predicted octanol–water partition coefficient (Wildman–Crippen LogP) is 4.31. The van der Waals surface area contributed by atoms with E-state index in [0.29, 0.717) is 17.2 Å². The maximum atomic E-state index is 13.1. The zero-order chi connectivity index (χ0) is 23.7. The largest absolute Gasteiger partial charge is 0.491 e. The van der Waals surface area contributed by atoms with Crippen LogP contribution in [0.25, 0.3) is 0 Å². The fourth-order valence-corrected chi connectivity index (χ4v) is 3.77. The monoisotopic (exact) mass is 438 g/mol. The van der Waals surface area contributed by atoms with Crippen LogP contribution >= 0.6 is 0 Å². The quantitative estimate of drug-likeness (QED) is 0.631. The first-order chi connectivity index (χ1) is 14.9. The molecule has 172 valence electrons. The van der Waals surface area contributed by atoms with Gasteiger partial charge in [-0.2, -0.15) is 0 Å². The number of benzene rings is 2. The summed E-state index contributed by atoms with van der Waals surface area (Å²) < 4.78 is 5.67. The summed E-state index contributed by atoms with van der Waals surface area (Å²) in [7, 11) is 0. The fraction of sp³-hybridized carbons (Fsp3) is 0.462. The number of carbonyl (C=O) groups excluding carboxylic acids is 2. The van der Waals surface area contributed by atoms with Crippen LogP contribution in [0.1, 0.15) is 64.2 Å². The number of carbonyl (C=O) groups is 2. The highest BCUT2D eigenvalue weighted by atomic mass is 16.5. The number of urea groups is 1. The number of hydrogen-bond acceptors (Lipinski definition) is 4. The number of ether oxygens (including phenoxy) is 1. The van der Waals surface area contributed by atoms with Crippen LogP contribution in [0.15, 0.2) is 48.5 Å². The Balaban J connectivity index is 1.62. The second kappa shape index (κ2) is 8.94. The van der Waals surface area contributed by atoms with E-state index >= 15 is 0 Å². The Hall–Kier alpha value is -2.86. The van der Waals surface area contributed by atoms with Gasteiger partial charge >= 0.3 is 6.03 Å². The molecule has 3 rings (SSSR count). The predicted molar refractivity (Wildman–Crippen MR) is 125 cm³/mol. The molecular formula is C26H34N2O4. The highest BCUT2D eigenvalue weighted by molar-refractivity contribution is 6.07. The lowest BCUT2D eigenvalue weighted by Crippen LogP contribution is -2.42. The summed E-state index contributed by atoms with van der Waals surface area (Å²) >= 11 is 0. The molecule has 2 aromatic carbocycles. The summed E-state index contributed by atoms with van der Waals surface area (Å²) in [4.78, 5) is 26.7. The molecule has 0 bridgehead atoms. The smallest absolute Gasteiger partial charge is 0.325 e. The van der Waals surface area contributed by atoms with E-state index < -0.39 is 17.7 Å². The van der Waals surface area contributed by atoms with Crippen molar-refractivity contribution in [3.63, 3.8) is 0 Å². The summed E-state index contributed by atoms with van der Waals surface area (Å²) in [5.74, 6) is 0.625. The molecule has 0 radical (unpaired) electrons. The van der Waals surface area contributed by atoms with Crippen molar-refractivity contribution in [2.75, 3.05) is 13.2 Å². The summed E-state index contributed by atoms with van der Waals surface area (Å²) in [6, 6.07) is 14.9. The number of nitrogens with zero attached hydrogens (tertiary/aromatic N) is 1. The Morgan fingerprint density at radius 1 is 1.03 bits per heavy atom. The number of nitrogens with one attached hydrogen (secondary N) is 1. The normalized spacial score (nSPS) is 19.9. The van der Waals surface area contributed by atoms with Gasteiger partial charge in [0.2, 0.25) is 0 Å². The maximum absolute atomic E-state index is 13.1. The molecule has 0 aromatic heterocycles. The number of β-amino-alcohol motifs (C(OH)–C–C–N with tert-alkyl or cyclic N) is 1. The van der Waals surface area contributed by atoms with E-state index in [9.17, 15) is 14.7 Å². The van der Waals surface area contributed by atoms with Crippen LogP contribution in [-0.4, -0.2) is 41.2 Å². The van der Waals surface area contributed by atoms with E-state index in [0.717, 1.165) is 10.5 Å². The first-order valence-electron chi connectivity index (χ1n) is 11.1. The van der Waals surface area contributed by atoms with Crippen molar-refractivity contribution in [2.45, 2.75) is 64.5 Å². The van der Waals surface area contributed by atoms with Crippen LogP contribution in [0.5, 0.6) is 5.75 Å². The molecule has 1 aliphatic heterocycles. The van der Waals surface area contributed by atoms with Crippen molar-refractivity contribution in [1.82, 2.24) is 10.2 Å². The first kappa shape index (κ1) is 23.8. The Kier molecular flexibility index (Phi) is 6.65. The van der Waals surface area contributed by atoms with E-state index in [2.05, 4.69) is 39.9 Å². The van der Waals surface area contributed by atoms with Gasteiger partial charge in [-0.15, -0.1) is 0 Å². The van der Waals surface area contributed by atoms with E-state index in [1.165, 1.54) is 5.56 Å². The molecule has 2 aromatic rings. The average Bonchev–Trinajstić information content (AvgIpc) is 2.96. The standard InChI is InChI=1S/C26H34N2O4/c1-17(2)18-7-9-20(10-8-18)26(6)23(30)28(24(31)27-26)15-21(29)16-32-22-13-11-19(12-14-22)25(3,4)5/h7-14,17,21,29H,15-16H2,1-6H3,(H,27,31). The molecule has 2 unspecified atom stereocenters. The number of imide groups is 1. The second-order valence-corrected chi connectivity index (χ2v) is 9.99. The van der Waals surface area contributed by atoms with Gasteiger partial charge in [-0.3, -0.25) is 9.69 Å². The minimum absolute atomic E-state index is 0.0221. The zero-order valence-corrected chi connectivity index (χ0v) is 19.8. The van der Waals surface area contributed by atoms with Crippen LogP contribution in [0, 0.1) is 0 Å². The lowest BCUT2D eigenvalue weighted by molar-refractivity contribution is -0.132. The average molecular weight is 439 g/mol. The van der Waals surface area contributed by atoms with Gasteiger partial charge in [0.1, 0.15) is 24.0 Å². The molecule has 1 heterocycles. The molecule has 2 atom stereocenters. The van der Waals surface area contributed by atoms with Gasteiger partial charge in [-0.05, 0) is 47.1 Å². The van der Waals surface area contributed by atoms with E-state index in [1.54, 1.807) is 6.92 Å². The SMILES string of the molecule is CC(C)c1ccc(C2(C)NC(=O)N(CC(O)COc3ccc(C(C)(C)C)cc3)C2=O)cc1. The van der Waals surface area contributed by atoms with E-state index in [4.69, 9.17) is 4.74 Å². The molecule has 0 spiro atoms. The maximum Gasteiger partial charge on any atom is 0.325 e. The summed E-state index contributed by atoms with van der Waals surface area (Å²) in [6.45, 7) is 12.1. The molecule has 1 aliphatic rings. The topological polar surface area (TPSA) is 78.9 Å². The number of aliphatic hydroxyl groups excluding tert-OH is 1. The molecular weight excluding hydrogens is 404 g/mol. The van der Waals surface area contributed by atoms with Crippen LogP contribution in [-0.2, 0) is 15.7 Å². The van der Waals surface area contributed by atoms with E-state index in [-0.39, 0.29) is 24.5 Å². The third-order valence-electron chi connectivity index (χ3n) is 5.99. The summed E-state index contributed by atoms with van der Waals surface area (Å²) in [5.41, 5.74) is 1.95. The van der Waals surface area contributed by atoms with Crippen molar-refractivity contribution in [3.05, 3.63) is 65.2 Å². The van der Waals surface area contributed by atoms with Crippen molar-refractivity contribution >= 4 is 11.9 Å². The zero-order valence-electron chi connectivity index (χ0n) is 19.8. The molecule has 2 N–H and O–H groups in total. The third-order valence-corrected chi connectivity index (χ3v) is 5.99. The van der Waals surface area contributed by atoms with Crippen molar-refractivity contribution in [3.8, 4) is 5.75 Å². The van der Waals surface area contributed by atoms with Crippen LogP contribution in [0.4, 0.5) is 4.79 Å². The molecule has 1 fully saturated rings. The van der Waals surface area contributed by atoms with Gasteiger partial charge in [-0.25, -0.2) is 4.79 Å². The molecule has 6 heteroatoms. The van der Waals surface area contributed by atoms with Gasteiger partial charge < -0.3 is 15.2 Å². The molecule has 32 heavy (non-hydrogen) atoms. The Morgan fingerprint density at radius 2 is 1.62 bits per heavy atom.